The molecule has 15 nitrogen and oxygen atoms in total. The average molecular weight is 809 g/mol. The monoisotopic (exact) mass is 808 g/mol. The fourth-order valence-electron chi connectivity index (χ4n) is 6.07. The highest BCUT2D eigenvalue weighted by Gasteiger charge is 2.51. The Morgan fingerprint density at radius 1 is 0.673 bits per heavy atom. The van der Waals surface area contributed by atoms with Crippen LogP contribution in [0.2, 0.25) is 0 Å². The van der Waals surface area contributed by atoms with Crippen LogP contribution in [0.3, 0.4) is 0 Å². The topological polar surface area (TPSA) is 247 Å². The molecule has 0 aliphatic heterocycles. The molecule has 7 unspecified atom stereocenters. The molecule has 0 heterocycles. The van der Waals surface area contributed by atoms with Gasteiger partial charge in [0.25, 0.3) is 0 Å². The van der Waals surface area contributed by atoms with Gasteiger partial charge in [0.15, 0.2) is 6.10 Å². The Morgan fingerprint density at radius 3 is 1.73 bits per heavy atom. The van der Waals surface area contributed by atoms with Gasteiger partial charge >= 0.3 is 19.8 Å². The maximum Gasteiger partial charge on any atom is 0.472 e. The number of ether oxygens (including phenoxy) is 2. The zero-order valence-corrected chi connectivity index (χ0v) is 33.5. The summed E-state index contributed by atoms with van der Waals surface area (Å²) in [6.07, 6.45) is 12.2. The number of hydrogen-bond acceptors (Lipinski definition) is 14. The number of aliphatic hydroxyl groups is 6. The molecule has 1 saturated carbocycles. The number of aliphatic hydroxyl groups excluding tert-OH is 6. The van der Waals surface area contributed by atoms with Gasteiger partial charge in [-0.15, -0.1) is 0 Å². The number of esters is 2. The van der Waals surface area contributed by atoms with Crippen LogP contribution in [-0.4, -0.2) is 116 Å². The summed E-state index contributed by atoms with van der Waals surface area (Å²) >= 11 is 0. The molecule has 0 saturated heterocycles. The van der Waals surface area contributed by atoms with E-state index in [1.54, 1.807) is 0 Å². The summed E-state index contributed by atoms with van der Waals surface area (Å²) in [5.74, 6) is -1.23. The van der Waals surface area contributed by atoms with Gasteiger partial charge in [0.1, 0.15) is 49.5 Å². The third-order valence-electron chi connectivity index (χ3n) is 9.41. The van der Waals surface area contributed by atoms with Gasteiger partial charge in [0.2, 0.25) is 0 Å². The predicted octanol–water partition coefficient (Wildman–Crippen LogP) is 4.65. The molecule has 7 N–H and O–H groups in total. The van der Waals surface area contributed by atoms with Crippen molar-refractivity contribution in [2.24, 2.45) is 0 Å². The molecule has 1 aliphatic carbocycles. The minimum atomic E-state index is -5.15. The van der Waals surface area contributed by atoms with Crippen LogP contribution >= 0.6 is 7.82 Å². The molecule has 1 aliphatic rings. The van der Waals surface area contributed by atoms with Crippen LogP contribution in [0, 0.1) is 0 Å². The number of carbonyl (C=O) groups excluding carboxylic acids is 3. The molecule has 0 spiro atoms. The molecule has 0 aromatic carbocycles. The van der Waals surface area contributed by atoms with Crippen LogP contribution < -0.4 is 0 Å². The molecule has 0 bridgehead atoms. The summed E-state index contributed by atoms with van der Waals surface area (Å²) in [7, 11) is -5.15. The number of phosphoric ester groups is 1. The highest BCUT2D eigenvalue weighted by atomic mass is 31.2. The molecule has 0 amide bonds. The third kappa shape index (κ3) is 24.4. The van der Waals surface area contributed by atoms with Gasteiger partial charge in [0.05, 0.1) is 12.7 Å². The standard InChI is InChI=1S/C39H69O15P/c1-2-3-4-5-6-7-8-9-10-11-12-13-14-17-20-25-32(42)51-28-31(53-33(43)26-21-18-15-16-19-23-30(41)24-22-27-40)29-52-55(49,50)54-39-37(47)35(45)34(44)36(46)38(39)48/h9-10,22,24,27,30-31,34-39,41,44-48H,2-8,11-21,23,25-26,28-29H2,1H3,(H,49,50)/b10-9-,24-22+/t30?,31-,34?,35-,36?,37?,38?,39?/m1/s1. The lowest BCUT2D eigenvalue weighted by molar-refractivity contribution is -0.220. The number of aldehydes is 1. The fraction of sp³-hybridized carbons (Fsp3) is 0.821. The second-order valence-electron chi connectivity index (χ2n) is 14.3. The van der Waals surface area contributed by atoms with E-state index in [0.29, 0.717) is 32.0 Å². The van der Waals surface area contributed by atoms with E-state index >= 15 is 0 Å². The minimum Gasteiger partial charge on any atom is -0.462 e. The van der Waals surface area contributed by atoms with Crippen LogP contribution in [0.1, 0.15) is 142 Å². The SMILES string of the molecule is CCCCCCCC/C=C\CCCCCCCC(=O)OC[C@H](COP(=O)(O)OC1C(O)C(O)C(O)[C@@H](O)C1O)OC(=O)CCCCCCCC(O)/C=C/C=O. The van der Waals surface area contributed by atoms with E-state index in [2.05, 4.69) is 19.1 Å². The van der Waals surface area contributed by atoms with Crippen LogP contribution in [0.5, 0.6) is 0 Å². The summed E-state index contributed by atoms with van der Waals surface area (Å²) in [5.41, 5.74) is 0. The van der Waals surface area contributed by atoms with Gasteiger partial charge in [-0.3, -0.25) is 23.4 Å². The molecule has 0 aromatic heterocycles. The number of unbranched alkanes of at least 4 members (excludes halogenated alkanes) is 15. The molecule has 16 heteroatoms. The maximum absolute atomic E-state index is 12.7. The first-order valence-corrected chi connectivity index (χ1v) is 21.7. The zero-order chi connectivity index (χ0) is 40.9. The Labute approximate surface area is 326 Å². The number of carbonyl (C=O) groups is 3. The van der Waals surface area contributed by atoms with Gasteiger partial charge < -0.3 is 45.0 Å². The van der Waals surface area contributed by atoms with Gasteiger partial charge in [-0.2, -0.15) is 0 Å². The Kier molecular flexibility index (Phi) is 28.7. The Bertz CT molecular complexity index is 1120. The van der Waals surface area contributed by atoms with E-state index in [1.807, 2.05) is 0 Å². The van der Waals surface area contributed by atoms with E-state index in [9.17, 15) is 54.5 Å². The van der Waals surface area contributed by atoms with Crippen molar-refractivity contribution < 1.29 is 73.0 Å². The normalized spacial score (nSPS) is 23.8. The van der Waals surface area contributed by atoms with Crippen LogP contribution in [0.25, 0.3) is 0 Å². The third-order valence-corrected chi connectivity index (χ3v) is 10.4. The highest BCUT2D eigenvalue weighted by Crippen LogP contribution is 2.47. The molecule has 1 fully saturated rings. The van der Waals surface area contributed by atoms with Crippen LogP contribution in [0.4, 0.5) is 0 Å². The van der Waals surface area contributed by atoms with Crippen molar-refractivity contribution in [1.82, 2.24) is 0 Å². The van der Waals surface area contributed by atoms with Gasteiger partial charge in [-0.25, -0.2) is 4.57 Å². The lowest BCUT2D eigenvalue weighted by Gasteiger charge is -2.41. The zero-order valence-electron chi connectivity index (χ0n) is 32.6. The number of rotatable bonds is 33. The second kappa shape index (κ2) is 31.0. The molecule has 0 radical (unpaired) electrons. The van der Waals surface area contributed by atoms with Gasteiger partial charge in [-0.05, 0) is 51.0 Å². The number of allylic oxidation sites excluding steroid dienone is 3. The molecule has 320 valence electrons. The van der Waals surface area contributed by atoms with Gasteiger partial charge in [0, 0.05) is 12.8 Å². The predicted molar refractivity (Wildman–Crippen MR) is 205 cm³/mol. The van der Waals surface area contributed by atoms with Crippen molar-refractivity contribution in [1.29, 1.82) is 0 Å². The second-order valence-corrected chi connectivity index (χ2v) is 15.7. The van der Waals surface area contributed by atoms with E-state index in [0.717, 1.165) is 57.8 Å². The molecule has 55 heavy (non-hydrogen) atoms. The van der Waals surface area contributed by atoms with E-state index < -0.39 is 81.8 Å². The van der Waals surface area contributed by atoms with Gasteiger partial charge in [-0.1, -0.05) is 102 Å². The van der Waals surface area contributed by atoms with E-state index in [4.69, 9.17) is 18.5 Å². The van der Waals surface area contributed by atoms with Crippen molar-refractivity contribution in [3.8, 4) is 0 Å². The maximum atomic E-state index is 12.7. The minimum absolute atomic E-state index is 0.00406. The number of phosphoric acid groups is 1. The quantitative estimate of drug-likeness (QED) is 0.0119. The van der Waals surface area contributed by atoms with Crippen molar-refractivity contribution in [3.63, 3.8) is 0 Å². The Balaban J connectivity index is 2.52. The summed E-state index contributed by atoms with van der Waals surface area (Å²) in [4.78, 5) is 45.8. The average Bonchev–Trinajstić information content (AvgIpc) is 3.16. The molecular weight excluding hydrogens is 739 g/mol. The first kappa shape index (κ1) is 51.0. The Morgan fingerprint density at radius 2 is 1.16 bits per heavy atom. The molecule has 0 aromatic rings. The first-order valence-electron chi connectivity index (χ1n) is 20.2. The molecule has 1 rings (SSSR count). The highest BCUT2D eigenvalue weighted by molar-refractivity contribution is 7.47. The smallest absolute Gasteiger partial charge is 0.462 e. The summed E-state index contributed by atoms with van der Waals surface area (Å²) < 4.78 is 33.2. The van der Waals surface area contributed by atoms with Crippen molar-refractivity contribution in [2.75, 3.05) is 13.2 Å². The van der Waals surface area contributed by atoms with E-state index in [-0.39, 0.29) is 12.8 Å². The van der Waals surface area contributed by atoms with E-state index in [1.165, 1.54) is 50.7 Å². The summed E-state index contributed by atoms with van der Waals surface area (Å²) in [6.45, 7) is 0.944. The molecular formula is C39H69O15P. The Hall–Kier alpha value is -2.04. The van der Waals surface area contributed by atoms with Crippen molar-refractivity contribution in [2.45, 2.75) is 191 Å². The van der Waals surface area contributed by atoms with Crippen LogP contribution in [0.15, 0.2) is 24.3 Å². The number of hydrogen-bond donors (Lipinski definition) is 7. The molecule has 9 atom stereocenters. The van der Waals surface area contributed by atoms with Crippen LogP contribution in [-0.2, 0) is 37.5 Å². The first-order chi connectivity index (χ1) is 26.3. The summed E-state index contributed by atoms with van der Waals surface area (Å²) in [5, 5.41) is 59.6. The fourth-order valence-corrected chi connectivity index (χ4v) is 7.04. The van der Waals surface area contributed by atoms with Crippen molar-refractivity contribution in [3.05, 3.63) is 24.3 Å². The lowest BCUT2D eigenvalue weighted by atomic mass is 9.85. The lowest BCUT2D eigenvalue weighted by Crippen LogP contribution is -2.64. The summed E-state index contributed by atoms with van der Waals surface area (Å²) in [6, 6.07) is 0. The largest absolute Gasteiger partial charge is 0.472 e. The van der Waals surface area contributed by atoms with Crippen molar-refractivity contribution >= 4 is 26.0 Å².